The molecule has 0 heterocycles. The monoisotopic (exact) mass is 214 g/mol. The molecule has 0 bridgehead atoms. The van der Waals surface area contributed by atoms with Crippen molar-refractivity contribution in [2.24, 2.45) is 5.92 Å². The van der Waals surface area contributed by atoms with Crippen LogP contribution in [0.5, 0.6) is 0 Å². The molecule has 1 aromatic carbocycles. The highest BCUT2D eigenvalue weighted by atomic mass is 35.5. The Bertz CT molecular complexity index is 307. The van der Waals surface area contributed by atoms with Gasteiger partial charge in [0.25, 0.3) is 0 Å². The molecule has 0 aliphatic heterocycles. The molecular weight excluding hydrogens is 199 g/mol. The third-order valence-corrected chi connectivity index (χ3v) is 2.65. The van der Waals surface area contributed by atoms with Crippen LogP contribution in [0.2, 0.25) is 0 Å². The molecule has 0 aromatic heterocycles. The van der Waals surface area contributed by atoms with E-state index in [2.05, 4.69) is 13.8 Å². The number of hydrogen-bond donors (Lipinski definition) is 0. The Morgan fingerprint density at radius 3 is 2.50 bits per heavy atom. The molecule has 1 atom stereocenters. The van der Waals surface area contributed by atoms with Crippen LogP contribution < -0.4 is 0 Å². The summed E-state index contributed by atoms with van der Waals surface area (Å²) in [5.41, 5.74) is 1.68. The lowest BCUT2D eigenvalue weighted by Crippen LogP contribution is -1.97. The van der Waals surface area contributed by atoms with E-state index in [-0.39, 0.29) is 11.2 Å². The zero-order chi connectivity index (χ0) is 10.7. The van der Waals surface area contributed by atoms with Gasteiger partial charge in [0.2, 0.25) is 0 Å². The van der Waals surface area contributed by atoms with Gasteiger partial charge in [-0.3, -0.25) is 0 Å². The second-order valence-electron chi connectivity index (χ2n) is 4.11. The lowest BCUT2D eigenvalue weighted by atomic mass is 10.0. The molecule has 2 heteroatoms. The predicted octanol–water partition coefficient (Wildman–Crippen LogP) is 4.46. The number of aryl methyl sites for hydroxylation is 1. The summed E-state index contributed by atoms with van der Waals surface area (Å²) in [5.74, 6) is 0.394. The Morgan fingerprint density at radius 2 is 2.00 bits per heavy atom. The molecule has 0 nitrogen and oxygen atoms in total. The predicted molar refractivity (Wildman–Crippen MR) is 59.2 cm³/mol. The van der Waals surface area contributed by atoms with Gasteiger partial charge in [0.15, 0.2) is 0 Å². The minimum absolute atomic E-state index is 0.00528. The summed E-state index contributed by atoms with van der Waals surface area (Å²) in [5, 5.41) is -0.00528. The fourth-order valence-electron chi connectivity index (χ4n) is 1.41. The molecular formula is C12H16ClF. The van der Waals surface area contributed by atoms with Crippen LogP contribution >= 0.6 is 11.6 Å². The first-order valence-corrected chi connectivity index (χ1v) is 5.34. The maximum atomic E-state index is 13.0. The Labute approximate surface area is 90.1 Å². The summed E-state index contributed by atoms with van der Waals surface area (Å²) < 4.78 is 13.0. The average Bonchev–Trinajstić information content (AvgIpc) is 2.08. The van der Waals surface area contributed by atoms with Crippen LogP contribution in [0.4, 0.5) is 4.39 Å². The number of rotatable bonds is 3. The van der Waals surface area contributed by atoms with Crippen molar-refractivity contribution in [3.63, 3.8) is 0 Å². The van der Waals surface area contributed by atoms with Gasteiger partial charge in [-0.05, 0) is 36.5 Å². The maximum Gasteiger partial charge on any atom is 0.126 e. The van der Waals surface area contributed by atoms with Gasteiger partial charge < -0.3 is 0 Å². The van der Waals surface area contributed by atoms with E-state index in [0.717, 1.165) is 12.0 Å². The van der Waals surface area contributed by atoms with Crippen LogP contribution in [-0.4, -0.2) is 0 Å². The van der Waals surface area contributed by atoms with Gasteiger partial charge in [0.1, 0.15) is 5.82 Å². The highest BCUT2D eigenvalue weighted by Gasteiger charge is 2.11. The normalized spacial score (nSPS) is 13.3. The largest absolute Gasteiger partial charge is 0.207 e. The van der Waals surface area contributed by atoms with E-state index in [9.17, 15) is 4.39 Å². The molecule has 0 radical (unpaired) electrons. The summed E-state index contributed by atoms with van der Waals surface area (Å²) in [7, 11) is 0. The molecule has 0 saturated carbocycles. The van der Waals surface area contributed by atoms with E-state index in [4.69, 9.17) is 11.6 Å². The molecule has 1 aromatic rings. The molecule has 0 saturated heterocycles. The number of halogens is 2. The molecule has 78 valence electrons. The van der Waals surface area contributed by atoms with Crippen LogP contribution in [0.1, 0.15) is 36.8 Å². The van der Waals surface area contributed by atoms with Gasteiger partial charge in [0.05, 0.1) is 5.38 Å². The van der Waals surface area contributed by atoms with Gasteiger partial charge in [-0.25, -0.2) is 4.39 Å². The summed E-state index contributed by atoms with van der Waals surface area (Å²) in [4.78, 5) is 0. The third-order valence-electron chi connectivity index (χ3n) is 2.22. The van der Waals surface area contributed by atoms with E-state index in [1.807, 2.05) is 6.07 Å². The molecule has 1 rings (SSSR count). The van der Waals surface area contributed by atoms with Crippen molar-refractivity contribution >= 4 is 11.6 Å². The van der Waals surface area contributed by atoms with Crippen LogP contribution in [0.15, 0.2) is 18.2 Å². The van der Waals surface area contributed by atoms with Crippen LogP contribution in [-0.2, 0) is 0 Å². The minimum atomic E-state index is -0.165. The van der Waals surface area contributed by atoms with Crippen molar-refractivity contribution in [1.29, 1.82) is 0 Å². The summed E-state index contributed by atoms with van der Waals surface area (Å²) in [6, 6.07) is 5.08. The van der Waals surface area contributed by atoms with Crippen molar-refractivity contribution in [2.75, 3.05) is 0 Å². The van der Waals surface area contributed by atoms with Gasteiger partial charge in [-0.1, -0.05) is 26.0 Å². The quantitative estimate of drug-likeness (QED) is 0.652. The second-order valence-corrected chi connectivity index (χ2v) is 4.63. The lowest BCUT2D eigenvalue weighted by Gasteiger charge is -2.13. The first kappa shape index (κ1) is 11.5. The van der Waals surface area contributed by atoms with Gasteiger partial charge in [-0.2, -0.15) is 0 Å². The van der Waals surface area contributed by atoms with Crippen molar-refractivity contribution in [3.8, 4) is 0 Å². The first-order chi connectivity index (χ1) is 6.50. The van der Waals surface area contributed by atoms with Crippen LogP contribution in [0, 0.1) is 18.7 Å². The fraction of sp³-hybridized carbons (Fsp3) is 0.500. The van der Waals surface area contributed by atoms with E-state index in [1.165, 1.54) is 6.07 Å². The molecule has 14 heavy (non-hydrogen) atoms. The molecule has 0 aliphatic carbocycles. The van der Waals surface area contributed by atoms with Gasteiger partial charge in [0, 0.05) is 0 Å². The first-order valence-electron chi connectivity index (χ1n) is 4.91. The zero-order valence-corrected chi connectivity index (χ0v) is 9.61. The molecule has 0 amide bonds. The smallest absolute Gasteiger partial charge is 0.126 e. The lowest BCUT2D eigenvalue weighted by molar-refractivity contribution is 0.572. The second kappa shape index (κ2) is 4.79. The van der Waals surface area contributed by atoms with Crippen LogP contribution in [0.25, 0.3) is 0 Å². The summed E-state index contributed by atoms with van der Waals surface area (Å²) in [6.07, 6.45) is 0.923. The number of benzene rings is 1. The summed E-state index contributed by atoms with van der Waals surface area (Å²) in [6.45, 7) is 6.02. The van der Waals surface area contributed by atoms with Crippen molar-refractivity contribution in [1.82, 2.24) is 0 Å². The molecule has 0 fully saturated rings. The average molecular weight is 215 g/mol. The Balaban J connectivity index is 2.80. The fourth-order valence-corrected chi connectivity index (χ4v) is 1.90. The number of alkyl halides is 1. The third kappa shape index (κ3) is 2.98. The minimum Gasteiger partial charge on any atom is -0.207 e. The van der Waals surface area contributed by atoms with E-state index < -0.39 is 0 Å². The van der Waals surface area contributed by atoms with E-state index in [1.54, 1.807) is 13.0 Å². The molecule has 0 N–H and O–H groups in total. The molecule has 0 aliphatic rings. The van der Waals surface area contributed by atoms with Crippen molar-refractivity contribution in [3.05, 3.63) is 35.1 Å². The highest BCUT2D eigenvalue weighted by Crippen LogP contribution is 2.28. The Morgan fingerprint density at radius 1 is 1.36 bits per heavy atom. The van der Waals surface area contributed by atoms with Crippen molar-refractivity contribution in [2.45, 2.75) is 32.6 Å². The molecule has 0 spiro atoms. The van der Waals surface area contributed by atoms with Crippen molar-refractivity contribution < 1.29 is 4.39 Å². The van der Waals surface area contributed by atoms with E-state index >= 15 is 0 Å². The topological polar surface area (TPSA) is 0 Å². The van der Waals surface area contributed by atoms with E-state index in [0.29, 0.717) is 11.5 Å². The van der Waals surface area contributed by atoms with Crippen LogP contribution in [0.3, 0.4) is 0 Å². The maximum absolute atomic E-state index is 13.0. The standard InChI is InChI=1S/C12H16ClF/c1-8(2)6-11(13)10-4-5-12(14)9(3)7-10/h4-5,7-8,11H,6H2,1-3H3. The van der Waals surface area contributed by atoms with Gasteiger partial charge >= 0.3 is 0 Å². The summed E-state index contributed by atoms with van der Waals surface area (Å²) >= 11 is 6.20. The zero-order valence-electron chi connectivity index (χ0n) is 8.85. The Kier molecular flexibility index (Phi) is 3.94. The highest BCUT2D eigenvalue weighted by molar-refractivity contribution is 6.20. The number of hydrogen-bond acceptors (Lipinski definition) is 0. The SMILES string of the molecule is Cc1cc(C(Cl)CC(C)C)ccc1F. The Hall–Kier alpha value is -0.560. The molecule has 1 unspecified atom stereocenters. The van der Waals surface area contributed by atoms with Gasteiger partial charge in [-0.15, -0.1) is 11.6 Å².